The maximum atomic E-state index is 12.9. The minimum atomic E-state index is -0.823. The Morgan fingerprint density at radius 3 is 2.59 bits per heavy atom. The van der Waals surface area contributed by atoms with Crippen LogP contribution in [-0.2, 0) is 9.59 Å². The van der Waals surface area contributed by atoms with Crippen molar-refractivity contribution in [1.82, 2.24) is 10.2 Å². The lowest BCUT2D eigenvalue weighted by Gasteiger charge is -2.24. The fraction of sp³-hybridized carbons (Fsp3) is 0.550. The number of hydrogen-bond acceptors (Lipinski definition) is 4. The molecule has 3 rings (SSSR count). The number of imide groups is 1. The van der Waals surface area contributed by atoms with Crippen LogP contribution < -0.4 is 15.4 Å². The van der Waals surface area contributed by atoms with Gasteiger partial charge in [0.2, 0.25) is 5.91 Å². The Morgan fingerprint density at radius 2 is 1.89 bits per heavy atom. The largest absolute Gasteiger partial charge is 0.491 e. The fourth-order valence-electron chi connectivity index (χ4n) is 3.73. The van der Waals surface area contributed by atoms with Gasteiger partial charge >= 0.3 is 6.03 Å². The first-order valence-electron chi connectivity index (χ1n) is 9.71. The lowest BCUT2D eigenvalue weighted by atomic mass is 9.90. The van der Waals surface area contributed by atoms with Crippen molar-refractivity contribution in [3.05, 3.63) is 24.3 Å². The quantitative estimate of drug-likeness (QED) is 0.750. The summed E-state index contributed by atoms with van der Waals surface area (Å²) in [5, 5.41) is 5.60. The molecule has 1 aromatic carbocycles. The summed E-state index contributed by atoms with van der Waals surface area (Å²) in [6.07, 6.45) is 6.10. The molecule has 1 spiro atoms. The number of ether oxygens (including phenoxy) is 1. The number of hydrogen-bond donors (Lipinski definition) is 2. The number of nitrogens with zero attached hydrogens (tertiary/aromatic N) is 1. The zero-order valence-corrected chi connectivity index (χ0v) is 15.8. The molecule has 2 aliphatic rings. The van der Waals surface area contributed by atoms with Crippen LogP contribution in [0.15, 0.2) is 24.3 Å². The lowest BCUT2D eigenvalue weighted by molar-refractivity contribution is -0.134. The van der Waals surface area contributed by atoms with E-state index in [1.165, 1.54) is 0 Å². The average Bonchev–Trinajstić information content (AvgIpc) is 2.83. The molecule has 0 unspecified atom stereocenters. The summed E-state index contributed by atoms with van der Waals surface area (Å²) in [5.41, 5.74) is -0.289. The maximum Gasteiger partial charge on any atom is 0.325 e. The Balaban J connectivity index is 1.66. The standard InChI is InChI=1S/C20H27N3O4/c1-2-13-27-16-10-6-5-9-15(16)21-17(24)14-23-18(25)20(22-19(23)26)11-7-3-4-8-12-20/h5-6,9-10H,2-4,7-8,11-14H2,1H3,(H,21,24)(H,22,26). The van der Waals surface area contributed by atoms with Gasteiger partial charge in [0.15, 0.2) is 0 Å². The Labute approximate surface area is 159 Å². The highest BCUT2D eigenvalue weighted by Crippen LogP contribution is 2.32. The summed E-state index contributed by atoms with van der Waals surface area (Å²) in [6, 6.07) is 6.66. The van der Waals surface area contributed by atoms with E-state index in [1.54, 1.807) is 18.2 Å². The Bertz CT molecular complexity index is 711. The van der Waals surface area contributed by atoms with Crippen molar-refractivity contribution in [3.8, 4) is 5.75 Å². The van der Waals surface area contributed by atoms with Gasteiger partial charge in [-0.1, -0.05) is 44.7 Å². The van der Waals surface area contributed by atoms with Crippen LogP contribution in [0.1, 0.15) is 51.9 Å². The van der Waals surface area contributed by atoms with Crippen LogP contribution in [0.4, 0.5) is 10.5 Å². The molecule has 7 nitrogen and oxygen atoms in total. The minimum absolute atomic E-state index is 0.278. The number of rotatable bonds is 6. The second-order valence-corrected chi connectivity index (χ2v) is 7.21. The van der Waals surface area contributed by atoms with E-state index >= 15 is 0 Å². The first kappa shape index (κ1) is 19.2. The number of benzene rings is 1. The summed E-state index contributed by atoms with van der Waals surface area (Å²) in [5.74, 6) is -0.123. The normalized spacial score (nSPS) is 18.9. The third-order valence-corrected chi connectivity index (χ3v) is 5.13. The molecule has 2 fully saturated rings. The van der Waals surface area contributed by atoms with E-state index in [9.17, 15) is 14.4 Å². The molecule has 0 aromatic heterocycles. The minimum Gasteiger partial charge on any atom is -0.491 e. The van der Waals surface area contributed by atoms with Crippen molar-refractivity contribution >= 4 is 23.5 Å². The molecule has 4 amide bonds. The van der Waals surface area contributed by atoms with Gasteiger partial charge in [0, 0.05) is 0 Å². The average molecular weight is 373 g/mol. The summed E-state index contributed by atoms with van der Waals surface area (Å²) in [7, 11) is 0. The van der Waals surface area contributed by atoms with Crippen molar-refractivity contribution in [3.63, 3.8) is 0 Å². The van der Waals surface area contributed by atoms with Crippen molar-refractivity contribution in [2.75, 3.05) is 18.5 Å². The van der Waals surface area contributed by atoms with Crippen LogP contribution in [0.3, 0.4) is 0 Å². The van der Waals surface area contributed by atoms with Crippen LogP contribution >= 0.6 is 0 Å². The van der Waals surface area contributed by atoms with Gasteiger partial charge in [0.25, 0.3) is 5.91 Å². The maximum absolute atomic E-state index is 12.9. The molecule has 1 heterocycles. The van der Waals surface area contributed by atoms with Crippen molar-refractivity contribution < 1.29 is 19.1 Å². The number of para-hydroxylation sites is 2. The predicted molar refractivity (Wildman–Crippen MR) is 102 cm³/mol. The van der Waals surface area contributed by atoms with E-state index in [-0.39, 0.29) is 12.5 Å². The fourth-order valence-corrected chi connectivity index (χ4v) is 3.73. The molecule has 27 heavy (non-hydrogen) atoms. The molecule has 1 aromatic rings. The third-order valence-electron chi connectivity index (χ3n) is 5.13. The van der Waals surface area contributed by atoms with E-state index in [4.69, 9.17) is 4.74 Å². The molecule has 1 saturated carbocycles. The van der Waals surface area contributed by atoms with Crippen LogP contribution in [0, 0.1) is 0 Å². The summed E-state index contributed by atoms with van der Waals surface area (Å²) >= 11 is 0. The van der Waals surface area contributed by atoms with Crippen LogP contribution in [0.25, 0.3) is 0 Å². The van der Waals surface area contributed by atoms with Gasteiger partial charge in [0.1, 0.15) is 17.8 Å². The summed E-state index contributed by atoms with van der Waals surface area (Å²) in [4.78, 5) is 38.8. The number of anilines is 1. The number of nitrogens with one attached hydrogen (secondary N) is 2. The third kappa shape index (κ3) is 4.23. The number of amides is 4. The molecular weight excluding hydrogens is 346 g/mol. The smallest absolute Gasteiger partial charge is 0.325 e. The highest BCUT2D eigenvalue weighted by Gasteiger charge is 2.51. The summed E-state index contributed by atoms with van der Waals surface area (Å²) in [6.45, 7) is 2.25. The Kier molecular flexibility index (Phi) is 5.98. The van der Waals surface area contributed by atoms with Gasteiger partial charge in [-0.3, -0.25) is 14.5 Å². The monoisotopic (exact) mass is 373 g/mol. The zero-order chi connectivity index (χ0) is 19.3. The second kappa shape index (κ2) is 8.41. The van der Waals surface area contributed by atoms with E-state index in [1.807, 2.05) is 13.0 Å². The molecule has 0 atom stereocenters. The molecule has 1 aliphatic carbocycles. The molecule has 7 heteroatoms. The molecule has 146 valence electrons. The first-order valence-corrected chi connectivity index (χ1v) is 9.71. The van der Waals surface area contributed by atoms with Crippen molar-refractivity contribution in [1.29, 1.82) is 0 Å². The summed E-state index contributed by atoms with van der Waals surface area (Å²) < 4.78 is 5.63. The van der Waals surface area contributed by atoms with Crippen molar-refractivity contribution in [2.45, 2.75) is 57.4 Å². The van der Waals surface area contributed by atoms with E-state index < -0.39 is 17.5 Å². The highest BCUT2D eigenvalue weighted by molar-refractivity contribution is 6.10. The Morgan fingerprint density at radius 1 is 1.19 bits per heavy atom. The number of carbonyl (C=O) groups is 3. The van der Waals surface area contributed by atoms with Gasteiger partial charge in [-0.15, -0.1) is 0 Å². The van der Waals surface area contributed by atoms with Gasteiger partial charge in [-0.25, -0.2) is 4.79 Å². The zero-order valence-electron chi connectivity index (χ0n) is 15.8. The highest BCUT2D eigenvalue weighted by atomic mass is 16.5. The lowest BCUT2D eigenvalue weighted by Crippen LogP contribution is -2.47. The van der Waals surface area contributed by atoms with Gasteiger partial charge < -0.3 is 15.4 Å². The SMILES string of the molecule is CCCOc1ccccc1NC(=O)CN1C(=O)NC2(CCCCCC2)C1=O. The number of urea groups is 1. The number of carbonyl (C=O) groups excluding carboxylic acids is 3. The van der Waals surface area contributed by atoms with Gasteiger partial charge in [0.05, 0.1) is 12.3 Å². The molecule has 0 bridgehead atoms. The van der Waals surface area contributed by atoms with Gasteiger partial charge in [-0.2, -0.15) is 0 Å². The topological polar surface area (TPSA) is 87.7 Å². The second-order valence-electron chi connectivity index (χ2n) is 7.21. The van der Waals surface area contributed by atoms with E-state index in [0.717, 1.165) is 37.0 Å². The molecule has 1 aliphatic heterocycles. The predicted octanol–water partition coefficient (Wildman–Crippen LogP) is 3.06. The van der Waals surface area contributed by atoms with Crippen LogP contribution in [0.5, 0.6) is 5.75 Å². The molecule has 0 radical (unpaired) electrons. The Hall–Kier alpha value is -2.57. The van der Waals surface area contributed by atoms with E-state index in [0.29, 0.717) is 30.9 Å². The molecular formula is C20H27N3O4. The van der Waals surface area contributed by atoms with Gasteiger partial charge in [-0.05, 0) is 31.4 Å². The first-order chi connectivity index (χ1) is 13.1. The van der Waals surface area contributed by atoms with Crippen molar-refractivity contribution in [2.24, 2.45) is 0 Å². The van der Waals surface area contributed by atoms with Crippen LogP contribution in [-0.4, -0.2) is 41.4 Å². The molecule has 1 saturated heterocycles. The molecule has 2 N–H and O–H groups in total. The van der Waals surface area contributed by atoms with E-state index in [2.05, 4.69) is 10.6 Å². The van der Waals surface area contributed by atoms with Crippen LogP contribution in [0.2, 0.25) is 0 Å².